The van der Waals surface area contributed by atoms with E-state index in [0.717, 1.165) is 5.56 Å². The van der Waals surface area contributed by atoms with Gasteiger partial charge in [0.05, 0.1) is 19.8 Å². The van der Waals surface area contributed by atoms with E-state index < -0.39 is 11.2 Å². The minimum atomic E-state index is -0.931. The van der Waals surface area contributed by atoms with Gasteiger partial charge in [0.25, 0.3) is 0 Å². The van der Waals surface area contributed by atoms with Gasteiger partial charge in [-0.05, 0) is 32.4 Å². The maximum atomic E-state index is 12.3. The molecule has 0 aliphatic carbocycles. The summed E-state index contributed by atoms with van der Waals surface area (Å²) in [6.07, 6.45) is 3.32. The lowest BCUT2D eigenvalue weighted by Crippen LogP contribution is -2.54. The minimum absolute atomic E-state index is 0.227. The summed E-state index contributed by atoms with van der Waals surface area (Å²) >= 11 is 0. The van der Waals surface area contributed by atoms with Crippen LogP contribution < -0.4 is 0 Å². The predicted molar refractivity (Wildman–Crippen MR) is 68.5 cm³/mol. The van der Waals surface area contributed by atoms with Crippen molar-refractivity contribution in [2.75, 3.05) is 19.8 Å². The lowest BCUT2D eigenvalue weighted by atomic mass is 9.82. The lowest BCUT2D eigenvalue weighted by Gasteiger charge is -2.41. The lowest BCUT2D eigenvalue weighted by molar-refractivity contribution is -0.269. The largest absolute Gasteiger partial charge is 0.465 e. The molecule has 0 unspecified atom stereocenters. The Kier molecular flexibility index (Phi) is 3.87. The first-order chi connectivity index (χ1) is 9.00. The molecule has 0 N–H and O–H groups in total. The number of aromatic nitrogens is 1. The van der Waals surface area contributed by atoms with Gasteiger partial charge in [0.15, 0.2) is 5.79 Å². The highest BCUT2D eigenvalue weighted by Gasteiger charge is 2.48. The van der Waals surface area contributed by atoms with Crippen molar-refractivity contribution in [3.63, 3.8) is 0 Å². The van der Waals surface area contributed by atoms with E-state index in [2.05, 4.69) is 4.98 Å². The molecule has 1 aliphatic rings. The van der Waals surface area contributed by atoms with Crippen LogP contribution in [0.3, 0.4) is 0 Å². The fraction of sp³-hybridized carbons (Fsp3) is 0.571. The quantitative estimate of drug-likeness (QED) is 0.778. The van der Waals surface area contributed by atoms with Crippen LogP contribution in [0.25, 0.3) is 0 Å². The Bertz CT molecular complexity index is 434. The molecule has 0 saturated carbocycles. The highest BCUT2D eigenvalue weighted by Crippen LogP contribution is 2.34. The topological polar surface area (TPSA) is 57.7 Å². The number of nitrogens with zero attached hydrogens (tertiary/aromatic N) is 1. The van der Waals surface area contributed by atoms with Crippen molar-refractivity contribution < 1.29 is 19.0 Å². The van der Waals surface area contributed by atoms with Crippen LogP contribution in [0.2, 0.25) is 0 Å². The zero-order valence-corrected chi connectivity index (χ0v) is 11.5. The average molecular weight is 265 g/mol. The second-order valence-corrected chi connectivity index (χ2v) is 5.02. The van der Waals surface area contributed by atoms with Crippen LogP contribution in [0.1, 0.15) is 26.3 Å². The Balaban J connectivity index is 2.33. The van der Waals surface area contributed by atoms with Gasteiger partial charge in [0.2, 0.25) is 0 Å². The fourth-order valence-corrected chi connectivity index (χ4v) is 1.99. The number of pyridine rings is 1. The molecule has 5 nitrogen and oxygen atoms in total. The molecule has 0 amide bonds. The molecular formula is C14H19NO4. The Morgan fingerprint density at radius 2 is 2.11 bits per heavy atom. The van der Waals surface area contributed by atoms with Crippen LogP contribution in [0.15, 0.2) is 24.5 Å². The highest BCUT2D eigenvalue weighted by atomic mass is 16.7. The molecule has 1 saturated heterocycles. The molecule has 0 radical (unpaired) electrons. The molecule has 1 aromatic rings. The minimum Gasteiger partial charge on any atom is -0.465 e. The number of esters is 1. The molecule has 5 heteroatoms. The number of rotatable bonds is 3. The SMILES string of the molecule is CCOC(=O)C1(c2cccnc2)COC(C)(C)OC1. The number of hydrogen-bond acceptors (Lipinski definition) is 5. The molecule has 2 heterocycles. The summed E-state index contributed by atoms with van der Waals surface area (Å²) in [6.45, 7) is 6.21. The van der Waals surface area contributed by atoms with E-state index >= 15 is 0 Å². The molecule has 0 spiro atoms. The molecule has 19 heavy (non-hydrogen) atoms. The Labute approximate surface area is 112 Å². The van der Waals surface area contributed by atoms with Gasteiger partial charge < -0.3 is 14.2 Å². The first-order valence-electron chi connectivity index (χ1n) is 6.36. The van der Waals surface area contributed by atoms with Gasteiger partial charge in [-0.1, -0.05) is 6.07 Å². The summed E-state index contributed by atoms with van der Waals surface area (Å²) in [5.74, 6) is -1.02. The fourth-order valence-electron chi connectivity index (χ4n) is 1.99. The molecule has 104 valence electrons. The third kappa shape index (κ3) is 2.77. The van der Waals surface area contributed by atoms with Crippen molar-refractivity contribution in [3.05, 3.63) is 30.1 Å². The molecule has 1 fully saturated rings. The molecular weight excluding hydrogens is 246 g/mol. The van der Waals surface area contributed by atoms with Crippen molar-refractivity contribution >= 4 is 5.97 Å². The van der Waals surface area contributed by atoms with E-state index in [0.29, 0.717) is 6.61 Å². The van der Waals surface area contributed by atoms with Crippen LogP contribution in [0.5, 0.6) is 0 Å². The van der Waals surface area contributed by atoms with E-state index in [1.54, 1.807) is 25.4 Å². The molecule has 2 rings (SSSR count). The van der Waals surface area contributed by atoms with Crippen LogP contribution in [0.4, 0.5) is 0 Å². The Morgan fingerprint density at radius 3 is 2.63 bits per heavy atom. The van der Waals surface area contributed by atoms with Crippen LogP contribution in [0, 0.1) is 0 Å². The Hall–Kier alpha value is -1.46. The molecule has 1 aromatic heterocycles. The number of ether oxygens (including phenoxy) is 3. The number of carbonyl (C=O) groups excluding carboxylic acids is 1. The van der Waals surface area contributed by atoms with Gasteiger partial charge in [0.1, 0.15) is 5.41 Å². The maximum absolute atomic E-state index is 12.3. The third-order valence-electron chi connectivity index (χ3n) is 3.21. The second-order valence-electron chi connectivity index (χ2n) is 5.02. The second kappa shape index (κ2) is 5.27. The van der Waals surface area contributed by atoms with Crippen molar-refractivity contribution in [2.24, 2.45) is 0 Å². The summed E-state index contributed by atoms with van der Waals surface area (Å²) in [7, 11) is 0. The van der Waals surface area contributed by atoms with E-state index in [9.17, 15) is 4.79 Å². The van der Waals surface area contributed by atoms with E-state index in [-0.39, 0.29) is 19.2 Å². The summed E-state index contributed by atoms with van der Waals surface area (Å²) < 4.78 is 16.5. The number of carbonyl (C=O) groups is 1. The molecule has 0 aromatic carbocycles. The zero-order chi connectivity index (χ0) is 13.9. The van der Waals surface area contributed by atoms with Crippen molar-refractivity contribution in [1.29, 1.82) is 0 Å². The Morgan fingerprint density at radius 1 is 1.42 bits per heavy atom. The van der Waals surface area contributed by atoms with Crippen molar-refractivity contribution in [2.45, 2.75) is 32.0 Å². The average Bonchev–Trinajstić information content (AvgIpc) is 2.40. The summed E-state index contributed by atoms with van der Waals surface area (Å²) in [4.78, 5) is 16.4. The molecule has 0 bridgehead atoms. The van der Waals surface area contributed by atoms with Crippen molar-refractivity contribution in [3.8, 4) is 0 Å². The maximum Gasteiger partial charge on any atom is 0.321 e. The van der Waals surface area contributed by atoms with Crippen LogP contribution in [-0.2, 0) is 24.4 Å². The van der Waals surface area contributed by atoms with Gasteiger partial charge in [-0.15, -0.1) is 0 Å². The van der Waals surface area contributed by atoms with Gasteiger partial charge >= 0.3 is 5.97 Å². The first-order valence-corrected chi connectivity index (χ1v) is 6.36. The van der Waals surface area contributed by atoms with Gasteiger partial charge in [-0.2, -0.15) is 0 Å². The number of hydrogen-bond donors (Lipinski definition) is 0. The predicted octanol–water partition coefficient (Wildman–Crippen LogP) is 1.67. The van der Waals surface area contributed by atoms with Gasteiger partial charge in [-0.3, -0.25) is 9.78 Å². The first kappa shape index (κ1) is 14.0. The zero-order valence-electron chi connectivity index (χ0n) is 11.5. The highest BCUT2D eigenvalue weighted by molar-refractivity contribution is 5.83. The summed E-state index contributed by atoms with van der Waals surface area (Å²) in [5.41, 5.74) is -0.177. The van der Waals surface area contributed by atoms with E-state index in [1.807, 2.05) is 19.9 Å². The van der Waals surface area contributed by atoms with Crippen LogP contribution in [-0.4, -0.2) is 36.6 Å². The summed E-state index contributed by atoms with van der Waals surface area (Å²) in [6, 6.07) is 3.63. The smallest absolute Gasteiger partial charge is 0.321 e. The van der Waals surface area contributed by atoms with Crippen LogP contribution >= 0.6 is 0 Å². The van der Waals surface area contributed by atoms with E-state index in [4.69, 9.17) is 14.2 Å². The van der Waals surface area contributed by atoms with Crippen molar-refractivity contribution in [1.82, 2.24) is 4.98 Å². The standard InChI is InChI=1S/C14H19NO4/c1-4-17-12(16)14(11-6-5-7-15-8-11)9-18-13(2,3)19-10-14/h5-8H,4,9-10H2,1-3H3. The molecule has 0 atom stereocenters. The van der Waals surface area contributed by atoms with Gasteiger partial charge in [0, 0.05) is 12.4 Å². The third-order valence-corrected chi connectivity index (χ3v) is 3.21. The van der Waals surface area contributed by atoms with E-state index in [1.165, 1.54) is 0 Å². The monoisotopic (exact) mass is 265 g/mol. The summed E-state index contributed by atoms with van der Waals surface area (Å²) in [5, 5.41) is 0. The van der Waals surface area contributed by atoms with Gasteiger partial charge in [-0.25, -0.2) is 0 Å². The molecule has 1 aliphatic heterocycles. The normalized spacial score (nSPS) is 20.8.